The Hall–Kier alpha value is -1.51. The van der Waals surface area contributed by atoms with Crippen LogP contribution in [0.25, 0.3) is 0 Å². The maximum atomic E-state index is 11.2. The molecule has 1 aromatic rings. The number of benzene rings is 1. The Labute approximate surface area is 114 Å². The molecular formula is C13H16O7. The summed E-state index contributed by atoms with van der Waals surface area (Å²) in [5, 5.41) is 49.0. The number of ether oxygens (including phenoxy) is 1. The van der Waals surface area contributed by atoms with Gasteiger partial charge in [-0.25, -0.2) is 4.79 Å². The van der Waals surface area contributed by atoms with E-state index < -0.39 is 36.5 Å². The molecule has 1 fully saturated rings. The van der Waals surface area contributed by atoms with Crippen molar-refractivity contribution in [1.29, 1.82) is 0 Å². The van der Waals surface area contributed by atoms with E-state index in [0.717, 1.165) is 0 Å². The SMILES string of the molecule is O=C(O)c1ccccc1[C@@]1(O)[C@H](O)[C@@H](CO)OC[C@@H]1O. The highest BCUT2D eigenvalue weighted by atomic mass is 16.5. The van der Waals surface area contributed by atoms with Gasteiger partial charge in [0.05, 0.1) is 18.8 Å². The van der Waals surface area contributed by atoms with Gasteiger partial charge in [0.15, 0.2) is 0 Å². The van der Waals surface area contributed by atoms with Gasteiger partial charge in [-0.1, -0.05) is 18.2 Å². The summed E-state index contributed by atoms with van der Waals surface area (Å²) in [6.07, 6.45) is -4.28. The quantitative estimate of drug-likeness (QED) is 0.466. The summed E-state index contributed by atoms with van der Waals surface area (Å²) in [5.74, 6) is -1.29. The summed E-state index contributed by atoms with van der Waals surface area (Å²) >= 11 is 0. The van der Waals surface area contributed by atoms with Crippen LogP contribution in [0.15, 0.2) is 24.3 Å². The van der Waals surface area contributed by atoms with Crippen molar-refractivity contribution >= 4 is 5.97 Å². The van der Waals surface area contributed by atoms with Gasteiger partial charge in [0, 0.05) is 5.56 Å². The average Bonchev–Trinajstić information content (AvgIpc) is 2.45. The van der Waals surface area contributed by atoms with Crippen LogP contribution in [0, 0.1) is 0 Å². The van der Waals surface area contributed by atoms with E-state index in [1.807, 2.05) is 0 Å². The zero-order chi connectivity index (χ0) is 14.9. The molecule has 110 valence electrons. The van der Waals surface area contributed by atoms with Crippen LogP contribution in [0.2, 0.25) is 0 Å². The van der Waals surface area contributed by atoms with Gasteiger partial charge >= 0.3 is 5.97 Å². The van der Waals surface area contributed by atoms with Crippen molar-refractivity contribution in [3.8, 4) is 0 Å². The molecule has 1 heterocycles. The number of aliphatic hydroxyl groups excluding tert-OH is 3. The average molecular weight is 284 g/mol. The Morgan fingerprint density at radius 2 is 2.00 bits per heavy atom. The third-order valence-corrected chi connectivity index (χ3v) is 3.55. The lowest BCUT2D eigenvalue weighted by molar-refractivity contribution is -0.253. The molecule has 0 aliphatic carbocycles. The Bertz CT molecular complexity index is 503. The number of aliphatic hydroxyl groups is 4. The van der Waals surface area contributed by atoms with E-state index in [0.29, 0.717) is 0 Å². The van der Waals surface area contributed by atoms with Gasteiger partial charge < -0.3 is 30.3 Å². The third kappa shape index (κ3) is 2.19. The minimum Gasteiger partial charge on any atom is -0.478 e. The zero-order valence-corrected chi connectivity index (χ0v) is 10.5. The van der Waals surface area contributed by atoms with E-state index in [1.54, 1.807) is 0 Å². The second-order valence-electron chi connectivity index (χ2n) is 4.69. The summed E-state index contributed by atoms with van der Waals surface area (Å²) in [6.45, 7) is -0.891. The second kappa shape index (κ2) is 5.47. The first kappa shape index (κ1) is 14.9. The molecule has 0 amide bonds. The topological polar surface area (TPSA) is 127 Å². The molecule has 20 heavy (non-hydrogen) atoms. The fourth-order valence-electron chi connectivity index (χ4n) is 2.42. The first-order chi connectivity index (χ1) is 9.42. The number of hydrogen-bond acceptors (Lipinski definition) is 6. The van der Waals surface area contributed by atoms with Crippen LogP contribution in [0.4, 0.5) is 0 Å². The highest BCUT2D eigenvalue weighted by Crippen LogP contribution is 2.37. The van der Waals surface area contributed by atoms with Crippen molar-refractivity contribution < 1.29 is 35.1 Å². The fourth-order valence-corrected chi connectivity index (χ4v) is 2.42. The van der Waals surface area contributed by atoms with Gasteiger partial charge in [0.1, 0.15) is 23.9 Å². The molecule has 7 heteroatoms. The normalized spacial score (nSPS) is 33.9. The molecule has 1 aromatic carbocycles. The molecule has 2 rings (SSSR count). The maximum Gasteiger partial charge on any atom is 0.336 e. The molecule has 0 spiro atoms. The molecule has 0 aromatic heterocycles. The number of rotatable bonds is 3. The Morgan fingerprint density at radius 3 is 2.60 bits per heavy atom. The molecule has 1 aliphatic heterocycles. The summed E-state index contributed by atoms with van der Waals surface area (Å²) < 4.78 is 5.01. The van der Waals surface area contributed by atoms with Crippen molar-refractivity contribution in [2.75, 3.05) is 13.2 Å². The molecule has 5 N–H and O–H groups in total. The van der Waals surface area contributed by atoms with Crippen molar-refractivity contribution in [3.63, 3.8) is 0 Å². The molecule has 1 aliphatic rings. The van der Waals surface area contributed by atoms with Gasteiger partial charge in [-0.15, -0.1) is 0 Å². The van der Waals surface area contributed by atoms with Crippen LogP contribution >= 0.6 is 0 Å². The van der Waals surface area contributed by atoms with E-state index in [4.69, 9.17) is 14.9 Å². The minimum absolute atomic E-state index is 0.116. The summed E-state index contributed by atoms with van der Waals surface area (Å²) in [6, 6.07) is 5.54. The molecular weight excluding hydrogens is 268 g/mol. The number of carboxylic acids is 1. The molecule has 0 saturated carbocycles. The van der Waals surface area contributed by atoms with Crippen LogP contribution in [0.5, 0.6) is 0 Å². The Morgan fingerprint density at radius 1 is 1.35 bits per heavy atom. The van der Waals surface area contributed by atoms with Gasteiger partial charge in [-0.2, -0.15) is 0 Å². The molecule has 0 radical (unpaired) electrons. The monoisotopic (exact) mass is 284 g/mol. The number of carbonyl (C=O) groups is 1. The fraction of sp³-hybridized carbons (Fsp3) is 0.462. The molecule has 0 bridgehead atoms. The predicted octanol–water partition coefficient (Wildman–Crippen LogP) is -1.31. The lowest BCUT2D eigenvalue weighted by atomic mass is 9.77. The Kier molecular flexibility index (Phi) is 4.07. The lowest BCUT2D eigenvalue weighted by Gasteiger charge is -2.45. The van der Waals surface area contributed by atoms with E-state index in [2.05, 4.69) is 0 Å². The number of carboxylic acid groups (broad SMARTS) is 1. The first-order valence-electron chi connectivity index (χ1n) is 6.06. The third-order valence-electron chi connectivity index (χ3n) is 3.55. The predicted molar refractivity (Wildman–Crippen MR) is 66.1 cm³/mol. The van der Waals surface area contributed by atoms with Gasteiger partial charge in [-0.3, -0.25) is 0 Å². The molecule has 7 nitrogen and oxygen atoms in total. The molecule has 1 saturated heterocycles. The highest BCUT2D eigenvalue weighted by Gasteiger charge is 2.53. The second-order valence-corrected chi connectivity index (χ2v) is 4.69. The minimum atomic E-state index is -2.22. The number of aromatic carboxylic acids is 1. The van der Waals surface area contributed by atoms with E-state index in [-0.39, 0.29) is 17.7 Å². The van der Waals surface area contributed by atoms with Crippen molar-refractivity contribution in [1.82, 2.24) is 0 Å². The molecule has 0 unspecified atom stereocenters. The maximum absolute atomic E-state index is 11.2. The zero-order valence-electron chi connectivity index (χ0n) is 10.5. The van der Waals surface area contributed by atoms with E-state index >= 15 is 0 Å². The van der Waals surface area contributed by atoms with Crippen LogP contribution in [0.3, 0.4) is 0 Å². The summed E-state index contributed by atoms with van der Waals surface area (Å²) in [5.41, 5.74) is -2.57. The summed E-state index contributed by atoms with van der Waals surface area (Å²) in [4.78, 5) is 11.2. The van der Waals surface area contributed by atoms with Gasteiger partial charge in [-0.05, 0) is 6.07 Å². The first-order valence-corrected chi connectivity index (χ1v) is 6.06. The standard InChI is InChI=1S/C13H16O7/c14-5-9-11(16)13(19,10(15)6-20-9)8-4-2-1-3-7(8)12(17)18/h1-4,9-11,14-16,19H,5-6H2,(H,17,18)/t9-,10+,11-,13+/m1/s1. The van der Waals surface area contributed by atoms with Crippen molar-refractivity contribution in [2.45, 2.75) is 23.9 Å². The van der Waals surface area contributed by atoms with Crippen molar-refractivity contribution in [3.05, 3.63) is 35.4 Å². The van der Waals surface area contributed by atoms with Crippen LogP contribution in [-0.2, 0) is 10.3 Å². The Balaban J connectivity index is 2.54. The van der Waals surface area contributed by atoms with Gasteiger partial charge in [0.25, 0.3) is 0 Å². The van der Waals surface area contributed by atoms with E-state index in [1.165, 1.54) is 24.3 Å². The van der Waals surface area contributed by atoms with Crippen LogP contribution < -0.4 is 0 Å². The van der Waals surface area contributed by atoms with Crippen molar-refractivity contribution in [2.24, 2.45) is 0 Å². The highest BCUT2D eigenvalue weighted by molar-refractivity contribution is 5.89. The van der Waals surface area contributed by atoms with Crippen LogP contribution in [0.1, 0.15) is 15.9 Å². The lowest BCUT2D eigenvalue weighted by Crippen LogP contribution is -2.62. The largest absolute Gasteiger partial charge is 0.478 e. The molecule has 4 atom stereocenters. The smallest absolute Gasteiger partial charge is 0.336 e. The van der Waals surface area contributed by atoms with E-state index in [9.17, 15) is 20.1 Å². The number of hydrogen-bond donors (Lipinski definition) is 5. The van der Waals surface area contributed by atoms with Gasteiger partial charge in [0.2, 0.25) is 0 Å². The van der Waals surface area contributed by atoms with Crippen LogP contribution in [-0.4, -0.2) is 63.0 Å². The summed E-state index contributed by atoms with van der Waals surface area (Å²) in [7, 11) is 0.